The molecule has 1 aromatic rings. The standard InChI is InChI=1S/C16H19ClF2N2O4S/c1-11-6-7-21(26(11,23)24)13-8-16(18,19)10-20(9-13)15(22)25-14-4-2-12(17)3-5-14/h2-5,11,13H,6-10H2,1H3. The number of benzene rings is 1. The molecule has 2 heterocycles. The Hall–Kier alpha value is -1.45. The normalized spacial score (nSPS) is 28.1. The molecule has 0 N–H and O–H groups in total. The average molecular weight is 409 g/mol. The third-order valence-electron chi connectivity index (χ3n) is 4.66. The highest BCUT2D eigenvalue weighted by atomic mass is 35.5. The Bertz CT molecular complexity index is 788. The second kappa shape index (κ2) is 6.94. The van der Waals surface area contributed by atoms with Gasteiger partial charge in [-0.05, 0) is 37.6 Å². The maximum absolute atomic E-state index is 14.2. The number of likely N-dealkylation sites (tertiary alicyclic amines) is 1. The number of rotatable bonds is 2. The summed E-state index contributed by atoms with van der Waals surface area (Å²) in [6, 6.07) is 4.96. The second-order valence-electron chi connectivity index (χ2n) is 6.67. The molecule has 2 aliphatic heterocycles. The number of sulfonamides is 1. The molecule has 0 radical (unpaired) electrons. The van der Waals surface area contributed by atoms with Crippen LogP contribution in [0.2, 0.25) is 5.02 Å². The molecule has 0 bridgehead atoms. The Morgan fingerprint density at radius 2 is 1.96 bits per heavy atom. The zero-order valence-electron chi connectivity index (χ0n) is 14.1. The van der Waals surface area contributed by atoms with Crippen LogP contribution in [0.25, 0.3) is 0 Å². The van der Waals surface area contributed by atoms with Gasteiger partial charge in [0.25, 0.3) is 5.92 Å². The van der Waals surface area contributed by atoms with Crippen LogP contribution in [0.15, 0.2) is 24.3 Å². The van der Waals surface area contributed by atoms with Crippen LogP contribution in [0.5, 0.6) is 5.75 Å². The number of carbonyl (C=O) groups is 1. The van der Waals surface area contributed by atoms with Gasteiger partial charge in [-0.25, -0.2) is 22.0 Å². The van der Waals surface area contributed by atoms with Crippen LogP contribution in [0, 0.1) is 0 Å². The number of halogens is 3. The molecule has 0 saturated carbocycles. The maximum atomic E-state index is 14.2. The zero-order valence-corrected chi connectivity index (χ0v) is 15.6. The lowest BCUT2D eigenvalue weighted by molar-refractivity contribution is -0.0760. The first-order valence-corrected chi connectivity index (χ1v) is 10.1. The van der Waals surface area contributed by atoms with Crippen molar-refractivity contribution >= 4 is 27.7 Å². The molecule has 1 amide bonds. The van der Waals surface area contributed by atoms with Gasteiger partial charge in [0.2, 0.25) is 10.0 Å². The van der Waals surface area contributed by atoms with Gasteiger partial charge in [-0.1, -0.05) is 11.6 Å². The number of alkyl halides is 2. The van der Waals surface area contributed by atoms with E-state index in [0.717, 1.165) is 9.21 Å². The lowest BCUT2D eigenvalue weighted by Gasteiger charge is -2.40. The fourth-order valence-corrected chi connectivity index (χ4v) is 5.19. The van der Waals surface area contributed by atoms with E-state index in [9.17, 15) is 22.0 Å². The van der Waals surface area contributed by atoms with Crippen LogP contribution < -0.4 is 4.74 Å². The van der Waals surface area contributed by atoms with Crippen molar-refractivity contribution in [1.82, 2.24) is 9.21 Å². The smallest absolute Gasteiger partial charge is 0.410 e. The van der Waals surface area contributed by atoms with Crippen molar-refractivity contribution in [3.8, 4) is 5.75 Å². The molecular weight excluding hydrogens is 390 g/mol. The highest BCUT2D eigenvalue weighted by Crippen LogP contribution is 2.34. The van der Waals surface area contributed by atoms with Crippen molar-refractivity contribution in [2.45, 2.75) is 37.0 Å². The summed E-state index contributed by atoms with van der Waals surface area (Å²) in [6.45, 7) is 0.806. The van der Waals surface area contributed by atoms with Gasteiger partial charge in [0.15, 0.2) is 0 Å². The largest absolute Gasteiger partial charge is 0.415 e. The van der Waals surface area contributed by atoms with Crippen LogP contribution in [0.3, 0.4) is 0 Å². The molecular formula is C16H19ClF2N2O4S. The summed E-state index contributed by atoms with van der Waals surface area (Å²) in [5.74, 6) is -3.02. The molecule has 6 nitrogen and oxygen atoms in total. The fraction of sp³-hybridized carbons (Fsp3) is 0.562. The molecule has 2 fully saturated rings. The molecule has 2 saturated heterocycles. The summed E-state index contributed by atoms with van der Waals surface area (Å²) < 4.78 is 59.2. The van der Waals surface area contributed by atoms with Crippen LogP contribution in [-0.2, 0) is 10.0 Å². The zero-order chi connectivity index (χ0) is 19.1. The first kappa shape index (κ1) is 19.3. The Labute approximate surface area is 155 Å². The predicted molar refractivity (Wildman–Crippen MR) is 92.1 cm³/mol. The first-order valence-electron chi connectivity index (χ1n) is 8.19. The number of piperidine rings is 1. The SMILES string of the molecule is CC1CCN(C2CN(C(=O)Oc3ccc(Cl)cc3)CC(F)(F)C2)S1(=O)=O. The minimum Gasteiger partial charge on any atom is -0.410 e. The van der Waals surface area contributed by atoms with Crippen LogP contribution >= 0.6 is 11.6 Å². The van der Waals surface area contributed by atoms with Gasteiger partial charge in [0.05, 0.1) is 11.8 Å². The molecule has 2 aliphatic rings. The van der Waals surface area contributed by atoms with E-state index in [1.165, 1.54) is 24.3 Å². The van der Waals surface area contributed by atoms with E-state index in [4.69, 9.17) is 16.3 Å². The number of nitrogens with zero attached hydrogens (tertiary/aromatic N) is 2. The summed E-state index contributed by atoms with van der Waals surface area (Å²) >= 11 is 5.75. The summed E-state index contributed by atoms with van der Waals surface area (Å²) in [5, 5.41) is -0.157. The van der Waals surface area contributed by atoms with Gasteiger partial charge >= 0.3 is 6.09 Å². The monoisotopic (exact) mass is 408 g/mol. The second-order valence-corrected chi connectivity index (χ2v) is 9.41. The van der Waals surface area contributed by atoms with E-state index in [-0.39, 0.29) is 18.8 Å². The third-order valence-corrected chi connectivity index (χ3v) is 7.30. The van der Waals surface area contributed by atoms with Gasteiger partial charge in [-0.3, -0.25) is 0 Å². The molecule has 2 atom stereocenters. The first-order chi connectivity index (χ1) is 12.1. The van der Waals surface area contributed by atoms with Gasteiger partial charge in [-0.15, -0.1) is 0 Å². The topological polar surface area (TPSA) is 66.9 Å². The molecule has 0 aromatic heterocycles. The molecule has 0 spiro atoms. The van der Waals surface area contributed by atoms with Gasteiger partial charge in [0, 0.05) is 30.6 Å². The Morgan fingerprint density at radius 3 is 2.54 bits per heavy atom. The number of hydrogen-bond donors (Lipinski definition) is 0. The number of amides is 1. The molecule has 1 aromatic carbocycles. The van der Waals surface area contributed by atoms with Crippen molar-refractivity contribution in [2.75, 3.05) is 19.6 Å². The van der Waals surface area contributed by atoms with Crippen molar-refractivity contribution in [3.05, 3.63) is 29.3 Å². The van der Waals surface area contributed by atoms with E-state index < -0.39 is 46.3 Å². The maximum Gasteiger partial charge on any atom is 0.415 e. The minimum absolute atomic E-state index is 0.131. The van der Waals surface area contributed by atoms with E-state index in [2.05, 4.69) is 0 Å². The number of ether oxygens (including phenoxy) is 1. The summed E-state index contributed by atoms with van der Waals surface area (Å²) in [6.07, 6.45) is -1.16. The molecule has 26 heavy (non-hydrogen) atoms. The number of carbonyl (C=O) groups excluding carboxylic acids is 1. The van der Waals surface area contributed by atoms with E-state index >= 15 is 0 Å². The lowest BCUT2D eigenvalue weighted by atomic mass is 10.0. The number of hydrogen-bond acceptors (Lipinski definition) is 4. The summed E-state index contributed by atoms with van der Waals surface area (Å²) in [7, 11) is -3.62. The van der Waals surface area contributed by atoms with Crippen LogP contribution in [0.1, 0.15) is 19.8 Å². The van der Waals surface area contributed by atoms with Gasteiger partial charge < -0.3 is 9.64 Å². The molecule has 3 rings (SSSR count). The predicted octanol–water partition coefficient (Wildman–Crippen LogP) is 2.97. The Balaban J connectivity index is 1.75. The van der Waals surface area contributed by atoms with E-state index in [0.29, 0.717) is 11.4 Å². The van der Waals surface area contributed by atoms with Crippen molar-refractivity contribution < 1.29 is 26.7 Å². The van der Waals surface area contributed by atoms with Crippen LogP contribution in [0.4, 0.5) is 13.6 Å². The average Bonchev–Trinajstić information content (AvgIpc) is 2.81. The Kier molecular flexibility index (Phi) is 5.15. The molecule has 10 heteroatoms. The summed E-state index contributed by atoms with van der Waals surface area (Å²) in [4.78, 5) is 13.2. The lowest BCUT2D eigenvalue weighted by Crippen LogP contribution is -2.57. The highest BCUT2D eigenvalue weighted by Gasteiger charge is 2.49. The third kappa shape index (κ3) is 3.94. The van der Waals surface area contributed by atoms with Gasteiger partial charge in [0.1, 0.15) is 5.75 Å². The molecule has 2 unspecified atom stereocenters. The minimum atomic E-state index is -3.62. The quantitative estimate of drug-likeness (QED) is 0.754. The van der Waals surface area contributed by atoms with E-state index in [1.807, 2.05) is 0 Å². The van der Waals surface area contributed by atoms with Gasteiger partial charge in [-0.2, -0.15) is 4.31 Å². The molecule has 144 valence electrons. The molecule has 0 aliphatic carbocycles. The fourth-order valence-electron chi connectivity index (χ4n) is 3.28. The summed E-state index contributed by atoms with van der Waals surface area (Å²) in [5.41, 5.74) is 0. The van der Waals surface area contributed by atoms with Crippen molar-refractivity contribution in [2.24, 2.45) is 0 Å². The highest BCUT2D eigenvalue weighted by molar-refractivity contribution is 7.90. The van der Waals surface area contributed by atoms with E-state index in [1.54, 1.807) is 6.92 Å². The Morgan fingerprint density at radius 1 is 1.31 bits per heavy atom. The van der Waals surface area contributed by atoms with Crippen molar-refractivity contribution in [1.29, 1.82) is 0 Å². The van der Waals surface area contributed by atoms with Crippen LogP contribution in [-0.4, -0.2) is 60.6 Å². The van der Waals surface area contributed by atoms with Crippen molar-refractivity contribution in [3.63, 3.8) is 0 Å².